The molecule has 0 fully saturated rings. The van der Waals surface area contributed by atoms with Crippen molar-refractivity contribution in [3.05, 3.63) is 47.5 Å². The van der Waals surface area contributed by atoms with Gasteiger partial charge in [0.15, 0.2) is 0 Å². The lowest BCUT2D eigenvalue weighted by Gasteiger charge is -2.44. The number of ether oxygens (including phenoxy) is 1. The Kier molecular flexibility index (Phi) is 6.90. The second-order valence-corrected chi connectivity index (χ2v) is 11.2. The highest BCUT2D eigenvalue weighted by molar-refractivity contribution is 8.18. The summed E-state index contributed by atoms with van der Waals surface area (Å²) in [5.41, 5.74) is 1.73. The first-order valence-electron chi connectivity index (χ1n) is 9.93. The fourth-order valence-electron chi connectivity index (χ4n) is 3.70. The summed E-state index contributed by atoms with van der Waals surface area (Å²) in [6, 6.07) is 13.2. The van der Waals surface area contributed by atoms with E-state index in [1.807, 2.05) is 24.3 Å². The summed E-state index contributed by atoms with van der Waals surface area (Å²) in [7, 11) is 0. The average molecular weight is 452 g/mol. The van der Waals surface area contributed by atoms with Gasteiger partial charge in [0.1, 0.15) is 12.1 Å². The Hall–Kier alpha value is -1.59. The molecular weight excluding hydrogens is 425 g/mol. The summed E-state index contributed by atoms with van der Waals surface area (Å²) < 4.78 is 9.66. The molecule has 2 aromatic carbocycles. The van der Waals surface area contributed by atoms with E-state index in [0.717, 1.165) is 37.2 Å². The second-order valence-electron chi connectivity index (χ2n) is 6.66. The second kappa shape index (κ2) is 9.05. The lowest BCUT2D eigenvalue weighted by Crippen LogP contribution is -2.46. The predicted octanol–water partition coefficient (Wildman–Crippen LogP) is 5.48. The Bertz CT molecular complexity index is 930. The molecular formula is C21H27ClN3O2PS. The largest absolute Gasteiger partial charge is 0.424 e. The van der Waals surface area contributed by atoms with Gasteiger partial charge in [-0.2, -0.15) is 0 Å². The van der Waals surface area contributed by atoms with Crippen LogP contribution < -0.4 is 19.6 Å². The molecule has 2 aromatic rings. The smallest absolute Gasteiger partial charge is 0.409 e. The van der Waals surface area contributed by atoms with Crippen LogP contribution in [-0.4, -0.2) is 36.9 Å². The molecule has 1 aliphatic rings. The van der Waals surface area contributed by atoms with Gasteiger partial charge >= 0.3 is 6.09 Å². The molecule has 1 aliphatic heterocycles. The number of carbonyl (C=O) groups is 1. The minimum Gasteiger partial charge on any atom is -0.409 e. The average Bonchev–Trinajstić information content (AvgIpc) is 2.71. The lowest BCUT2D eigenvalue weighted by atomic mass is 10.2. The van der Waals surface area contributed by atoms with Crippen LogP contribution in [0.1, 0.15) is 27.7 Å². The minimum atomic E-state index is -2.62. The van der Waals surface area contributed by atoms with Gasteiger partial charge in [-0.1, -0.05) is 37.3 Å². The number of anilines is 2. The first-order chi connectivity index (χ1) is 13.9. The van der Waals surface area contributed by atoms with Crippen molar-refractivity contribution in [2.45, 2.75) is 27.7 Å². The van der Waals surface area contributed by atoms with E-state index in [0.29, 0.717) is 16.5 Å². The van der Waals surface area contributed by atoms with Crippen molar-refractivity contribution in [3.8, 4) is 5.75 Å². The van der Waals surface area contributed by atoms with E-state index in [-0.39, 0.29) is 0 Å². The number of benzene rings is 2. The van der Waals surface area contributed by atoms with Gasteiger partial charge in [-0.15, -0.1) is 0 Å². The Morgan fingerprint density at radius 3 is 2.17 bits per heavy atom. The van der Waals surface area contributed by atoms with E-state index in [9.17, 15) is 4.79 Å². The van der Waals surface area contributed by atoms with Crippen LogP contribution in [0, 0.1) is 0 Å². The molecule has 29 heavy (non-hydrogen) atoms. The van der Waals surface area contributed by atoms with Crippen molar-refractivity contribution in [2.24, 2.45) is 0 Å². The van der Waals surface area contributed by atoms with Crippen molar-refractivity contribution in [2.75, 3.05) is 35.7 Å². The Labute approximate surface area is 183 Å². The maximum atomic E-state index is 13.2. The fraction of sp³-hybridized carbons (Fsp3) is 0.381. The normalized spacial score (nSPS) is 18.6. The van der Waals surface area contributed by atoms with Gasteiger partial charge < -0.3 is 9.64 Å². The zero-order valence-electron chi connectivity index (χ0n) is 17.3. The monoisotopic (exact) mass is 451 g/mol. The standard InChI is InChI=1S/C21H27ClN3O2PS/c1-5-23(6-2)18-13-14-20-19(15-18)27-21(26)25(17-11-9-16(22)10-12-17)28(20,29)24(7-3)8-4/h9-15H,5-8H2,1-4H3/t28-/m0/s1. The number of rotatable bonds is 7. The highest BCUT2D eigenvalue weighted by Gasteiger charge is 2.44. The first-order valence-corrected chi connectivity index (χ1v) is 13.0. The maximum Gasteiger partial charge on any atom is 0.424 e. The quantitative estimate of drug-likeness (QED) is 0.521. The molecule has 0 aromatic heterocycles. The number of hydrogen-bond acceptors (Lipinski definition) is 4. The van der Waals surface area contributed by atoms with Crippen LogP contribution in [0.4, 0.5) is 16.2 Å². The van der Waals surface area contributed by atoms with Crippen LogP contribution in [0.25, 0.3) is 0 Å². The molecule has 0 saturated carbocycles. The van der Waals surface area contributed by atoms with Crippen LogP contribution in [0.5, 0.6) is 5.75 Å². The molecule has 1 heterocycles. The Morgan fingerprint density at radius 2 is 1.62 bits per heavy atom. The van der Waals surface area contributed by atoms with Crippen LogP contribution in [0.15, 0.2) is 42.5 Å². The zero-order valence-corrected chi connectivity index (χ0v) is 19.7. The summed E-state index contributed by atoms with van der Waals surface area (Å²) in [4.78, 5) is 15.4. The predicted molar refractivity (Wildman–Crippen MR) is 127 cm³/mol. The molecule has 8 heteroatoms. The molecule has 0 radical (unpaired) electrons. The third-order valence-corrected chi connectivity index (χ3v) is 10.5. The molecule has 0 aliphatic carbocycles. The van der Waals surface area contributed by atoms with Gasteiger partial charge in [0.2, 0.25) is 0 Å². The highest BCUT2D eigenvalue weighted by Crippen LogP contribution is 2.58. The molecule has 0 bridgehead atoms. The molecule has 0 saturated heterocycles. The molecule has 0 unspecified atom stereocenters. The van der Waals surface area contributed by atoms with Gasteiger partial charge in [-0.25, -0.2) is 9.46 Å². The van der Waals surface area contributed by atoms with Crippen molar-refractivity contribution in [1.82, 2.24) is 4.67 Å². The van der Waals surface area contributed by atoms with Gasteiger partial charge in [0, 0.05) is 43.0 Å². The summed E-state index contributed by atoms with van der Waals surface area (Å²) in [6.07, 6.45) is -3.06. The molecule has 1 amide bonds. The van der Waals surface area contributed by atoms with Gasteiger partial charge in [0.25, 0.3) is 0 Å². The van der Waals surface area contributed by atoms with Crippen LogP contribution in [0.2, 0.25) is 5.02 Å². The summed E-state index contributed by atoms with van der Waals surface area (Å²) in [5.74, 6) is 0.569. The molecule has 1 atom stereocenters. The van der Waals surface area contributed by atoms with E-state index in [1.54, 1.807) is 16.8 Å². The number of carbonyl (C=O) groups excluding carboxylic acids is 1. The SMILES string of the molecule is CCN(CC)c1ccc2c(c1)OC(=O)N(c1ccc(Cl)cc1)[P@@]2(=S)N(CC)CC. The Morgan fingerprint density at radius 1 is 1.00 bits per heavy atom. The zero-order chi connectivity index (χ0) is 21.2. The number of amides is 1. The number of hydrogen-bond donors (Lipinski definition) is 0. The van der Waals surface area contributed by atoms with E-state index in [2.05, 4.69) is 43.3 Å². The molecule has 0 spiro atoms. The minimum absolute atomic E-state index is 0.438. The molecule has 156 valence electrons. The van der Waals surface area contributed by atoms with E-state index in [1.165, 1.54) is 0 Å². The van der Waals surface area contributed by atoms with Crippen molar-refractivity contribution < 1.29 is 9.53 Å². The highest BCUT2D eigenvalue weighted by atomic mass is 35.5. The lowest BCUT2D eigenvalue weighted by molar-refractivity contribution is 0.211. The molecule has 5 nitrogen and oxygen atoms in total. The summed E-state index contributed by atoms with van der Waals surface area (Å²) in [5, 5.41) is 1.51. The summed E-state index contributed by atoms with van der Waals surface area (Å²) in [6.45, 7) is 11.6. The van der Waals surface area contributed by atoms with Gasteiger partial charge in [-0.3, -0.25) is 4.67 Å². The van der Waals surface area contributed by atoms with E-state index >= 15 is 0 Å². The van der Waals surface area contributed by atoms with Crippen molar-refractivity contribution in [1.29, 1.82) is 0 Å². The topological polar surface area (TPSA) is 36.0 Å². The number of fused-ring (bicyclic) bond motifs is 1. The van der Waals surface area contributed by atoms with Crippen LogP contribution >= 0.6 is 17.9 Å². The van der Waals surface area contributed by atoms with Crippen LogP contribution in [0.3, 0.4) is 0 Å². The summed E-state index contributed by atoms with van der Waals surface area (Å²) >= 11 is 12.4. The third-order valence-electron chi connectivity index (χ3n) is 5.21. The third kappa shape index (κ3) is 3.91. The maximum absolute atomic E-state index is 13.2. The number of halogens is 1. The number of nitrogens with zero attached hydrogens (tertiary/aromatic N) is 3. The first kappa shape index (κ1) is 22.1. The van der Waals surface area contributed by atoms with E-state index in [4.69, 9.17) is 28.1 Å². The molecule has 3 rings (SSSR count). The van der Waals surface area contributed by atoms with E-state index < -0.39 is 12.4 Å². The van der Waals surface area contributed by atoms with Gasteiger partial charge in [-0.05, 0) is 50.2 Å². The van der Waals surface area contributed by atoms with Crippen molar-refractivity contribution >= 4 is 52.5 Å². The van der Waals surface area contributed by atoms with Gasteiger partial charge in [0.05, 0.1) is 11.0 Å². The van der Waals surface area contributed by atoms with Crippen LogP contribution in [-0.2, 0) is 11.8 Å². The fourth-order valence-corrected chi connectivity index (χ4v) is 8.37. The van der Waals surface area contributed by atoms with Crippen molar-refractivity contribution in [3.63, 3.8) is 0 Å². The Balaban J connectivity index is 2.20. The molecule has 0 N–H and O–H groups in total.